The summed E-state index contributed by atoms with van der Waals surface area (Å²) in [6, 6.07) is 7.46. The van der Waals surface area contributed by atoms with Crippen molar-refractivity contribution in [2.24, 2.45) is 0 Å². The first-order valence-corrected chi connectivity index (χ1v) is 9.76. The first-order valence-electron chi connectivity index (χ1n) is 7.89. The molecule has 1 aromatic carbocycles. The van der Waals surface area contributed by atoms with Crippen molar-refractivity contribution in [3.8, 4) is 0 Å². The van der Waals surface area contributed by atoms with E-state index in [9.17, 15) is 4.79 Å². The average molecular weight is 358 g/mol. The molecule has 0 aliphatic rings. The Morgan fingerprint density at radius 2 is 2.17 bits per heavy atom. The second-order valence-corrected chi connectivity index (χ2v) is 7.27. The number of para-hydroxylation sites is 1. The number of benzene rings is 1. The highest BCUT2D eigenvalue weighted by Crippen LogP contribution is 2.23. The Kier molecular flexibility index (Phi) is 5.48. The fourth-order valence-electron chi connectivity index (χ4n) is 2.43. The number of rotatable bonds is 7. The number of allylic oxidation sites excluding steroid dienone is 1. The first kappa shape index (κ1) is 16.9. The number of aryl methyl sites for hydroxylation is 1. The number of thiazole rings is 1. The monoisotopic (exact) mass is 357 g/mol. The Morgan fingerprint density at radius 3 is 2.96 bits per heavy atom. The van der Waals surface area contributed by atoms with Gasteiger partial charge in [-0.3, -0.25) is 9.36 Å². The van der Waals surface area contributed by atoms with Crippen molar-refractivity contribution >= 4 is 34.0 Å². The van der Waals surface area contributed by atoms with Crippen LogP contribution in [0.25, 0.3) is 10.9 Å². The number of aromatic nitrogens is 3. The zero-order chi connectivity index (χ0) is 16.9. The largest absolute Gasteiger partial charge is 0.283 e. The molecule has 0 amide bonds. The standard InChI is InChI=1S/C18H19N3OS2/c1-3-7-16-19-13(11-23-16)12-24-18-20-15-9-6-5-8-14(15)17(22)21(18)10-4-2/h4-6,8-9,11H,2-3,7,10,12H2,1H3. The zero-order valence-corrected chi connectivity index (χ0v) is 15.2. The Bertz CT molecular complexity index is 914. The van der Waals surface area contributed by atoms with E-state index < -0.39 is 0 Å². The molecule has 4 nitrogen and oxygen atoms in total. The third-order valence-electron chi connectivity index (χ3n) is 3.55. The van der Waals surface area contributed by atoms with Crippen molar-refractivity contribution in [3.63, 3.8) is 0 Å². The molecule has 0 spiro atoms. The topological polar surface area (TPSA) is 47.8 Å². The van der Waals surface area contributed by atoms with Crippen molar-refractivity contribution in [1.29, 1.82) is 0 Å². The molecule has 24 heavy (non-hydrogen) atoms. The van der Waals surface area contributed by atoms with E-state index in [4.69, 9.17) is 0 Å². The van der Waals surface area contributed by atoms with Crippen LogP contribution in [0.2, 0.25) is 0 Å². The highest BCUT2D eigenvalue weighted by atomic mass is 32.2. The summed E-state index contributed by atoms with van der Waals surface area (Å²) in [6.45, 7) is 6.36. The third-order valence-corrected chi connectivity index (χ3v) is 5.52. The van der Waals surface area contributed by atoms with Crippen LogP contribution in [-0.2, 0) is 18.7 Å². The van der Waals surface area contributed by atoms with Gasteiger partial charge in [-0.1, -0.05) is 36.9 Å². The number of thioether (sulfide) groups is 1. The second-order valence-electron chi connectivity index (χ2n) is 5.39. The maximum Gasteiger partial charge on any atom is 0.262 e. The van der Waals surface area contributed by atoms with Gasteiger partial charge in [-0.2, -0.15) is 0 Å². The molecule has 0 bridgehead atoms. The summed E-state index contributed by atoms with van der Waals surface area (Å²) in [5, 5.41) is 4.61. The molecule has 0 radical (unpaired) electrons. The van der Waals surface area contributed by atoms with Crippen LogP contribution < -0.4 is 5.56 Å². The Hall–Kier alpha value is -1.92. The number of hydrogen-bond donors (Lipinski definition) is 0. The van der Waals surface area contributed by atoms with Gasteiger partial charge in [0, 0.05) is 17.7 Å². The van der Waals surface area contributed by atoms with Crippen LogP contribution in [0, 0.1) is 0 Å². The summed E-state index contributed by atoms with van der Waals surface area (Å²) >= 11 is 3.25. The minimum atomic E-state index is -0.0204. The molecule has 0 N–H and O–H groups in total. The normalized spacial score (nSPS) is 11.0. The molecule has 2 heterocycles. The van der Waals surface area contributed by atoms with E-state index in [1.807, 2.05) is 24.3 Å². The van der Waals surface area contributed by atoms with E-state index in [2.05, 4.69) is 28.9 Å². The van der Waals surface area contributed by atoms with Crippen molar-refractivity contribution in [2.45, 2.75) is 37.2 Å². The van der Waals surface area contributed by atoms with Gasteiger partial charge < -0.3 is 0 Å². The summed E-state index contributed by atoms with van der Waals surface area (Å²) in [5.74, 6) is 0.710. The van der Waals surface area contributed by atoms with E-state index in [1.54, 1.807) is 33.7 Å². The molecule has 124 valence electrons. The van der Waals surface area contributed by atoms with E-state index in [-0.39, 0.29) is 5.56 Å². The second kappa shape index (κ2) is 7.77. The first-order chi connectivity index (χ1) is 11.7. The number of nitrogens with zero attached hydrogens (tertiary/aromatic N) is 3. The van der Waals surface area contributed by atoms with Gasteiger partial charge in [-0.15, -0.1) is 17.9 Å². The molecule has 3 rings (SSSR count). The Labute approximate surface area is 149 Å². The highest BCUT2D eigenvalue weighted by molar-refractivity contribution is 7.98. The molecule has 0 saturated carbocycles. The maximum atomic E-state index is 12.7. The maximum absolute atomic E-state index is 12.7. The van der Waals surface area contributed by atoms with Gasteiger partial charge in [0.25, 0.3) is 5.56 Å². The van der Waals surface area contributed by atoms with Crippen LogP contribution in [0.3, 0.4) is 0 Å². The van der Waals surface area contributed by atoms with Gasteiger partial charge >= 0.3 is 0 Å². The van der Waals surface area contributed by atoms with Gasteiger partial charge in [0.1, 0.15) is 0 Å². The molecular formula is C18H19N3OS2. The summed E-state index contributed by atoms with van der Waals surface area (Å²) < 4.78 is 1.68. The number of fused-ring (bicyclic) bond motifs is 1. The lowest BCUT2D eigenvalue weighted by Gasteiger charge is -2.10. The van der Waals surface area contributed by atoms with Gasteiger partial charge in [0.2, 0.25) is 0 Å². The molecule has 6 heteroatoms. The lowest BCUT2D eigenvalue weighted by atomic mass is 10.2. The Morgan fingerprint density at radius 1 is 1.33 bits per heavy atom. The zero-order valence-electron chi connectivity index (χ0n) is 13.6. The molecule has 2 aromatic heterocycles. The molecule has 0 saturated heterocycles. The van der Waals surface area contributed by atoms with Crippen LogP contribution in [0.5, 0.6) is 0 Å². The molecule has 0 aliphatic heterocycles. The van der Waals surface area contributed by atoms with Gasteiger partial charge in [0.05, 0.1) is 21.6 Å². The fourth-order valence-corrected chi connectivity index (χ4v) is 4.34. The van der Waals surface area contributed by atoms with Crippen molar-refractivity contribution in [2.75, 3.05) is 0 Å². The lowest BCUT2D eigenvalue weighted by Crippen LogP contribution is -2.22. The minimum Gasteiger partial charge on any atom is -0.283 e. The lowest BCUT2D eigenvalue weighted by molar-refractivity contribution is 0.671. The van der Waals surface area contributed by atoms with Crippen molar-refractivity contribution < 1.29 is 0 Å². The highest BCUT2D eigenvalue weighted by Gasteiger charge is 2.11. The van der Waals surface area contributed by atoms with Crippen LogP contribution >= 0.6 is 23.1 Å². The van der Waals surface area contributed by atoms with Crippen LogP contribution in [0.15, 0.2) is 52.3 Å². The van der Waals surface area contributed by atoms with E-state index in [1.165, 1.54) is 5.01 Å². The van der Waals surface area contributed by atoms with Gasteiger partial charge in [-0.05, 0) is 25.0 Å². The summed E-state index contributed by atoms with van der Waals surface area (Å²) in [5.41, 5.74) is 1.75. The molecule has 0 atom stereocenters. The number of hydrogen-bond acceptors (Lipinski definition) is 5. The Balaban J connectivity index is 1.90. The van der Waals surface area contributed by atoms with Crippen LogP contribution in [0.4, 0.5) is 0 Å². The summed E-state index contributed by atoms with van der Waals surface area (Å²) in [7, 11) is 0. The minimum absolute atomic E-state index is 0.0204. The van der Waals surface area contributed by atoms with Crippen molar-refractivity contribution in [1.82, 2.24) is 14.5 Å². The van der Waals surface area contributed by atoms with Crippen LogP contribution in [-0.4, -0.2) is 14.5 Å². The van der Waals surface area contributed by atoms with Gasteiger partial charge in [0.15, 0.2) is 5.16 Å². The third kappa shape index (κ3) is 3.60. The van der Waals surface area contributed by atoms with E-state index >= 15 is 0 Å². The predicted molar refractivity (Wildman–Crippen MR) is 102 cm³/mol. The summed E-state index contributed by atoms with van der Waals surface area (Å²) in [6.07, 6.45) is 3.85. The molecule has 0 fully saturated rings. The SMILES string of the molecule is C=CCn1c(SCc2csc(CCC)n2)nc2ccccc2c1=O. The molecular weight excluding hydrogens is 338 g/mol. The summed E-state index contributed by atoms with van der Waals surface area (Å²) in [4.78, 5) is 22.0. The van der Waals surface area contributed by atoms with Crippen molar-refractivity contribution in [3.05, 3.63) is 63.4 Å². The average Bonchev–Trinajstić information content (AvgIpc) is 3.04. The smallest absolute Gasteiger partial charge is 0.262 e. The van der Waals surface area contributed by atoms with Gasteiger partial charge in [-0.25, -0.2) is 9.97 Å². The molecule has 3 aromatic rings. The quantitative estimate of drug-likeness (QED) is 0.360. The van der Waals surface area contributed by atoms with Crippen LogP contribution in [0.1, 0.15) is 24.0 Å². The molecule has 0 unspecified atom stereocenters. The predicted octanol–water partition coefficient (Wildman–Crippen LogP) is 4.28. The fraction of sp³-hybridized carbons (Fsp3) is 0.278. The van der Waals surface area contributed by atoms with E-state index in [0.717, 1.165) is 24.1 Å². The molecule has 0 aliphatic carbocycles. The van der Waals surface area contributed by atoms with E-state index in [0.29, 0.717) is 22.8 Å².